The van der Waals surface area contributed by atoms with Crippen molar-refractivity contribution in [1.29, 1.82) is 10.5 Å². The van der Waals surface area contributed by atoms with E-state index < -0.39 is 66.6 Å². The Morgan fingerprint density at radius 1 is 0.971 bits per heavy atom. The highest BCUT2D eigenvalue weighted by Crippen LogP contribution is 2.26. The molecule has 34 heavy (non-hydrogen) atoms. The van der Waals surface area contributed by atoms with E-state index >= 15 is 0 Å². The van der Waals surface area contributed by atoms with Gasteiger partial charge in [-0.2, -0.15) is 14.8 Å². The SMILES string of the molecule is N#Cc1cccc(S(=O)(=O)NCCN([C@H]2CS(=O)(=O)C[C@@H]2O)S(=O)(=O)c2cccc(C#N)c2)c1. The van der Waals surface area contributed by atoms with Crippen molar-refractivity contribution in [2.24, 2.45) is 0 Å². The standard InChI is InChI=1S/C20H20N4O7S3/c21-11-15-3-1-5-17(9-15)33(28,29)23-7-8-24(19-13-32(26,27)14-20(19)25)34(30,31)18-6-2-4-16(10-18)12-22/h1-6,9-10,19-20,23,25H,7-8,13-14H2/t19-,20-/m0/s1. The summed E-state index contributed by atoms with van der Waals surface area (Å²) in [4.78, 5) is -0.501. The largest absolute Gasteiger partial charge is 0.390 e. The molecule has 2 N–H and O–H groups in total. The lowest BCUT2D eigenvalue weighted by molar-refractivity contribution is 0.128. The molecule has 1 saturated heterocycles. The van der Waals surface area contributed by atoms with Crippen LogP contribution in [-0.4, -0.2) is 71.4 Å². The van der Waals surface area contributed by atoms with Gasteiger partial charge < -0.3 is 5.11 Å². The maximum atomic E-state index is 13.4. The molecular weight excluding hydrogens is 504 g/mol. The predicted molar refractivity (Wildman–Crippen MR) is 120 cm³/mol. The lowest BCUT2D eigenvalue weighted by Crippen LogP contribution is -2.49. The molecule has 1 aliphatic rings. The number of aliphatic hydroxyl groups is 1. The first kappa shape index (κ1) is 25.8. The van der Waals surface area contributed by atoms with Gasteiger partial charge in [0.1, 0.15) is 0 Å². The molecule has 1 heterocycles. The summed E-state index contributed by atoms with van der Waals surface area (Å²) >= 11 is 0. The van der Waals surface area contributed by atoms with E-state index in [1.165, 1.54) is 36.4 Å². The van der Waals surface area contributed by atoms with Crippen LogP contribution in [0.5, 0.6) is 0 Å². The quantitative estimate of drug-likeness (QED) is 0.461. The number of hydrogen-bond acceptors (Lipinski definition) is 9. The highest BCUT2D eigenvalue weighted by Gasteiger charge is 2.44. The monoisotopic (exact) mass is 524 g/mol. The molecule has 0 amide bonds. The van der Waals surface area contributed by atoms with E-state index in [9.17, 15) is 30.4 Å². The van der Waals surface area contributed by atoms with E-state index in [2.05, 4.69) is 4.72 Å². The van der Waals surface area contributed by atoms with Crippen LogP contribution in [0.4, 0.5) is 0 Å². The molecule has 0 aromatic heterocycles. The summed E-state index contributed by atoms with van der Waals surface area (Å²) in [5.74, 6) is -1.27. The van der Waals surface area contributed by atoms with E-state index in [1.807, 2.05) is 12.1 Å². The van der Waals surface area contributed by atoms with Crippen molar-refractivity contribution in [3.8, 4) is 12.1 Å². The van der Waals surface area contributed by atoms with Crippen molar-refractivity contribution in [2.75, 3.05) is 24.6 Å². The number of nitrogens with one attached hydrogen (secondary N) is 1. The van der Waals surface area contributed by atoms with Gasteiger partial charge in [0.2, 0.25) is 20.0 Å². The van der Waals surface area contributed by atoms with Gasteiger partial charge in [0.15, 0.2) is 9.84 Å². The number of nitriles is 2. The minimum absolute atomic E-state index is 0.0543. The van der Waals surface area contributed by atoms with Crippen LogP contribution in [0.3, 0.4) is 0 Å². The first-order chi connectivity index (χ1) is 15.9. The molecule has 0 radical (unpaired) electrons. The zero-order chi connectivity index (χ0) is 25.1. The third-order valence-electron chi connectivity index (χ3n) is 5.13. The van der Waals surface area contributed by atoms with E-state index in [0.29, 0.717) is 0 Å². The van der Waals surface area contributed by atoms with E-state index in [-0.39, 0.29) is 20.9 Å². The first-order valence-corrected chi connectivity index (χ1v) is 14.5. The summed E-state index contributed by atoms with van der Waals surface area (Å²) in [6, 6.07) is 12.6. The van der Waals surface area contributed by atoms with Gasteiger partial charge in [-0.15, -0.1) is 0 Å². The number of aliphatic hydroxyl groups excluding tert-OH is 1. The Morgan fingerprint density at radius 3 is 2.06 bits per heavy atom. The molecule has 2 aromatic carbocycles. The van der Waals surface area contributed by atoms with Gasteiger partial charge in [-0.1, -0.05) is 12.1 Å². The second-order valence-corrected chi connectivity index (χ2v) is 13.3. The fraction of sp³-hybridized carbons (Fsp3) is 0.300. The van der Waals surface area contributed by atoms with Gasteiger partial charge in [0.05, 0.1) is 56.7 Å². The maximum absolute atomic E-state index is 13.4. The highest BCUT2D eigenvalue weighted by molar-refractivity contribution is 7.92. The number of sulfone groups is 1. The number of rotatable bonds is 8. The second kappa shape index (κ2) is 9.79. The average molecular weight is 525 g/mol. The van der Waals surface area contributed by atoms with Gasteiger partial charge in [-0.3, -0.25) is 0 Å². The summed E-state index contributed by atoms with van der Waals surface area (Å²) in [5.41, 5.74) is 0.169. The number of sulfonamides is 2. The number of hydrogen-bond donors (Lipinski definition) is 2. The minimum Gasteiger partial charge on any atom is -0.390 e. The molecule has 1 aliphatic heterocycles. The smallest absolute Gasteiger partial charge is 0.243 e. The van der Waals surface area contributed by atoms with Gasteiger partial charge in [-0.25, -0.2) is 30.0 Å². The average Bonchev–Trinajstić information content (AvgIpc) is 3.08. The Hall–Kier alpha value is -2.85. The molecule has 2 atom stereocenters. The summed E-state index contributed by atoms with van der Waals surface area (Å²) in [6.45, 7) is -0.937. The fourth-order valence-corrected chi connectivity index (χ4v) is 8.18. The zero-order valence-corrected chi connectivity index (χ0v) is 20.0. The number of nitrogens with zero attached hydrogens (tertiary/aromatic N) is 3. The van der Waals surface area contributed by atoms with E-state index in [0.717, 1.165) is 16.4 Å². The lowest BCUT2D eigenvalue weighted by Gasteiger charge is -2.29. The third kappa shape index (κ3) is 5.61. The topological polar surface area (TPSA) is 185 Å². The minimum atomic E-state index is -4.41. The Balaban J connectivity index is 1.90. The van der Waals surface area contributed by atoms with Crippen molar-refractivity contribution in [3.05, 3.63) is 59.7 Å². The summed E-state index contributed by atoms with van der Waals surface area (Å²) < 4.78 is 79.0. The van der Waals surface area contributed by atoms with Crippen LogP contribution in [0, 0.1) is 22.7 Å². The molecule has 1 fully saturated rings. The molecule has 11 nitrogen and oxygen atoms in total. The van der Waals surface area contributed by atoms with Gasteiger partial charge in [0.25, 0.3) is 0 Å². The van der Waals surface area contributed by atoms with Crippen molar-refractivity contribution in [2.45, 2.75) is 21.9 Å². The summed E-state index contributed by atoms with van der Waals surface area (Å²) in [5, 5.41) is 28.4. The van der Waals surface area contributed by atoms with Crippen LogP contribution in [0.15, 0.2) is 58.3 Å². The van der Waals surface area contributed by atoms with Crippen LogP contribution in [0.2, 0.25) is 0 Å². The van der Waals surface area contributed by atoms with Crippen LogP contribution < -0.4 is 4.72 Å². The first-order valence-electron chi connectivity index (χ1n) is 9.80. The zero-order valence-electron chi connectivity index (χ0n) is 17.6. The van der Waals surface area contributed by atoms with Crippen molar-refractivity contribution in [1.82, 2.24) is 9.03 Å². The van der Waals surface area contributed by atoms with Gasteiger partial charge >= 0.3 is 0 Å². The Labute approximate surface area is 197 Å². The van der Waals surface area contributed by atoms with E-state index in [4.69, 9.17) is 10.5 Å². The third-order valence-corrected chi connectivity index (χ3v) is 10.2. The summed E-state index contributed by atoms with van der Waals surface area (Å²) in [7, 11) is -12.3. The second-order valence-electron chi connectivity index (χ2n) is 7.50. The van der Waals surface area contributed by atoms with Crippen molar-refractivity contribution < 1.29 is 30.4 Å². The molecule has 0 unspecified atom stereocenters. The molecular formula is C20H20N4O7S3. The van der Waals surface area contributed by atoms with Crippen LogP contribution in [0.1, 0.15) is 11.1 Å². The van der Waals surface area contributed by atoms with Crippen LogP contribution in [-0.2, 0) is 29.9 Å². The highest BCUT2D eigenvalue weighted by atomic mass is 32.2. The maximum Gasteiger partial charge on any atom is 0.243 e. The summed E-state index contributed by atoms with van der Waals surface area (Å²) in [6.07, 6.45) is -1.51. The van der Waals surface area contributed by atoms with Crippen LogP contribution in [0.25, 0.3) is 0 Å². The molecule has 0 spiro atoms. The van der Waals surface area contributed by atoms with E-state index in [1.54, 1.807) is 0 Å². The Bertz CT molecular complexity index is 1490. The van der Waals surface area contributed by atoms with Crippen molar-refractivity contribution >= 4 is 29.9 Å². The number of benzene rings is 2. The van der Waals surface area contributed by atoms with Crippen LogP contribution >= 0.6 is 0 Å². The molecule has 2 aromatic rings. The molecule has 0 aliphatic carbocycles. The predicted octanol–water partition coefficient (Wildman–Crippen LogP) is -0.443. The van der Waals surface area contributed by atoms with Crippen molar-refractivity contribution in [3.63, 3.8) is 0 Å². The molecule has 14 heteroatoms. The lowest BCUT2D eigenvalue weighted by atomic mass is 10.2. The van der Waals surface area contributed by atoms with Gasteiger partial charge in [-0.05, 0) is 36.4 Å². The van der Waals surface area contributed by atoms with Gasteiger partial charge in [0, 0.05) is 13.1 Å². The molecule has 0 saturated carbocycles. The molecule has 3 rings (SSSR count). The molecule has 0 bridgehead atoms. The fourth-order valence-electron chi connectivity index (χ4n) is 3.52. The molecule has 180 valence electrons. The normalized spacial score (nSPS) is 20.0. The Morgan fingerprint density at radius 2 is 1.53 bits per heavy atom. The Kier molecular flexibility index (Phi) is 7.42.